The minimum atomic E-state index is -1.000. The molecule has 2 aromatic rings. The molecule has 28 heavy (non-hydrogen) atoms. The number of imidazole rings is 1. The van der Waals surface area contributed by atoms with E-state index in [4.69, 9.17) is 9.72 Å². The SMILES string of the molecule is CC/C=C1/C=C(c2nc3c(OC)cc(C(=O)O)cc3[nH]2)N(CC2CC2)C1=NC. The van der Waals surface area contributed by atoms with Gasteiger partial charge in [0.15, 0.2) is 5.82 Å². The van der Waals surface area contributed by atoms with Crippen molar-refractivity contribution in [3.8, 4) is 5.75 Å². The van der Waals surface area contributed by atoms with Gasteiger partial charge in [-0.05, 0) is 43.4 Å². The van der Waals surface area contributed by atoms with Crippen molar-refractivity contribution in [3.63, 3.8) is 0 Å². The Morgan fingerprint density at radius 1 is 1.46 bits per heavy atom. The molecule has 1 aliphatic carbocycles. The molecule has 0 atom stereocenters. The lowest BCUT2D eigenvalue weighted by molar-refractivity contribution is 0.0696. The molecule has 7 heteroatoms. The number of carbonyl (C=O) groups is 1. The van der Waals surface area contributed by atoms with Crippen LogP contribution in [0.5, 0.6) is 5.75 Å². The van der Waals surface area contributed by atoms with Crippen molar-refractivity contribution in [2.75, 3.05) is 20.7 Å². The molecule has 146 valence electrons. The predicted molar refractivity (Wildman–Crippen MR) is 109 cm³/mol. The minimum absolute atomic E-state index is 0.164. The number of nitrogens with one attached hydrogen (secondary N) is 1. The second-order valence-electron chi connectivity index (χ2n) is 7.16. The molecule has 2 N–H and O–H groups in total. The third kappa shape index (κ3) is 3.17. The number of nitrogens with zero attached hydrogens (tertiary/aromatic N) is 3. The van der Waals surface area contributed by atoms with Crippen LogP contribution in [0.3, 0.4) is 0 Å². The van der Waals surface area contributed by atoms with Crippen LogP contribution in [0.25, 0.3) is 16.7 Å². The highest BCUT2D eigenvalue weighted by Crippen LogP contribution is 2.37. The highest BCUT2D eigenvalue weighted by Gasteiger charge is 2.33. The van der Waals surface area contributed by atoms with E-state index in [1.807, 2.05) is 7.05 Å². The van der Waals surface area contributed by atoms with Gasteiger partial charge in [-0.25, -0.2) is 9.78 Å². The number of methoxy groups -OCH3 is 1. The summed E-state index contributed by atoms with van der Waals surface area (Å²) in [5.41, 5.74) is 3.48. The molecule has 1 fully saturated rings. The number of amidine groups is 1. The number of fused-ring (bicyclic) bond motifs is 1. The Hall–Kier alpha value is -3.09. The molecule has 0 spiro atoms. The third-order valence-electron chi connectivity index (χ3n) is 5.13. The van der Waals surface area contributed by atoms with E-state index in [0.29, 0.717) is 28.5 Å². The summed E-state index contributed by atoms with van der Waals surface area (Å²) >= 11 is 0. The number of hydrogen-bond donors (Lipinski definition) is 2. The topological polar surface area (TPSA) is 90.8 Å². The molecule has 0 saturated heterocycles. The maximum absolute atomic E-state index is 11.4. The first-order valence-corrected chi connectivity index (χ1v) is 9.53. The fourth-order valence-electron chi connectivity index (χ4n) is 3.61. The lowest BCUT2D eigenvalue weighted by Gasteiger charge is -2.22. The normalized spacial score (nSPS) is 19.7. The molecule has 1 aliphatic heterocycles. The molecule has 1 aromatic carbocycles. The Balaban J connectivity index is 1.83. The van der Waals surface area contributed by atoms with Gasteiger partial charge < -0.3 is 19.7 Å². The number of aromatic amines is 1. The third-order valence-corrected chi connectivity index (χ3v) is 5.13. The zero-order valence-electron chi connectivity index (χ0n) is 16.3. The first-order chi connectivity index (χ1) is 13.5. The number of H-pyrrole nitrogens is 1. The Bertz CT molecular complexity index is 1030. The van der Waals surface area contributed by atoms with E-state index in [-0.39, 0.29) is 5.56 Å². The summed E-state index contributed by atoms with van der Waals surface area (Å²) in [7, 11) is 3.34. The van der Waals surface area contributed by atoms with E-state index in [2.05, 4.69) is 34.0 Å². The van der Waals surface area contributed by atoms with Crippen LogP contribution < -0.4 is 4.74 Å². The van der Waals surface area contributed by atoms with Crippen LogP contribution in [0, 0.1) is 5.92 Å². The van der Waals surface area contributed by atoms with Gasteiger partial charge in [-0.1, -0.05) is 13.0 Å². The Morgan fingerprint density at radius 3 is 2.86 bits per heavy atom. The van der Waals surface area contributed by atoms with Gasteiger partial charge in [0.05, 0.1) is 23.9 Å². The second kappa shape index (κ2) is 7.14. The molecular formula is C21H24N4O3. The van der Waals surface area contributed by atoms with Gasteiger partial charge in [0.1, 0.15) is 17.1 Å². The molecule has 4 rings (SSSR count). The summed E-state index contributed by atoms with van der Waals surface area (Å²) in [5.74, 6) is 1.77. The van der Waals surface area contributed by atoms with Crippen molar-refractivity contribution in [1.29, 1.82) is 0 Å². The summed E-state index contributed by atoms with van der Waals surface area (Å²) in [4.78, 5) is 26.2. The Labute approximate surface area is 163 Å². The minimum Gasteiger partial charge on any atom is -0.494 e. The van der Waals surface area contributed by atoms with E-state index in [9.17, 15) is 9.90 Å². The van der Waals surface area contributed by atoms with Crippen LogP contribution in [-0.4, -0.2) is 52.5 Å². The van der Waals surface area contributed by atoms with Crippen molar-refractivity contribution in [2.24, 2.45) is 10.9 Å². The number of aromatic nitrogens is 2. The van der Waals surface area contributed by atoms with Crippen LogP contribution in [0.15, 0.2) is 34.9 Å². The fourth-order valence-corrected chi connectivity index (χ4v) is 3.61. The van der Waals surface area contributed by atoms with E-state index in [0.717, 1.165) is 30.1 Å². The highest BCUT2D eigenvalue weighted by atomic mass is 16.5. The van der Waals surface area contributed by atoms with E-state index in [1.165, 1.54) is 26.0 Å². The van der Waals surface area contributed by atoms with E-state index < -0.39 is 5.97 Å². The van der Waals surface area contributed by atoms with Crippen LogP contribution in [0.1, 0.15) is 42.4 Å². The lowest BCUT2D eigenvalue weighted by Crippen LogP contribution is -2.28. The Kier molecular flexibility index (Phi) is 4.66. The first-order valence-electron chi connectivity index (χ1n) is 9.53. The number of benzene rings is 1. The van der Waals surface area contributed by atoms with Gasteiger partial charge in [-0.15, -0.1) is 0 Å². The second-order valence-corrected chi connectivity index (χ2v) is 7.16. The smallest absolute Gasteiger partial charge is 0.335 e. The number of rotatable bonds is 6. The average Bonchev–Trinajstić information content (AvgIpc) is 3.29. The van der Waals surface area contributed by atoms with Gasteiger partial charge in [0.2, 0.25) is 0 Å². The summed E-state index contributed by atoms with van der Waals surface area (Å²) < 4.78 is 5.38. The molecular weight excluding hydrogens is 356 g/mol. The maximum atomic E-state index is 11.4. The summed E-state index contributed by atoms with van der Waals surface area (Å²) in [6.45, 7) is 3.02. The summed E-state index contributed by atoms with van der Waals surface area (Å²) in [6, 6.07) is 3.09. The van der Waals surface area contributed by atoms with Crippen LogP contribution in [-0.2, 0) is 0 Å². The number of aliphatic imine (C=N–C) groups is 1. The van der Waals surface area contributed by atoms with Gasteiger partial charge >= 0.3 is 5.97 Å². The summed E-state index contributed by atoms with van der Waals surface area (Å²) in [6.07, 6.45) is 7.68. The number of carboxylic acids is 1. The highest BCUT2D eigenvalue weighted by molar-refractivity contribution is 6.11. The van der Waals surface area contributed by atoms with E-state index in [1.54, 1.807) is 6.07 Å². The molecule has 1 saturated carbocycles. The van der Waals surface area contributed by atoms with E-state index >= 15 is 0 Å². The predicted octanol–water partition coefficient (Wildman–Crippen LogP) is 3.70. The standard InChI is InChI=1S/C21H24N4O3/c1-4-5-13-9-16(25(20(13)22-2)11-12-6-7-12)19-23-15-8-14(21(26)27)10-17(28-3)18(15)24-19/h5,8-10,12H,4,6-7,11H2,1-3H3,(H,23,24)(H,26,27)/b13-5-,22-20?. The number of ether oxygens (including phenoxy) is 1. The van der Waals surface area contributed by atoms with Crippen LogP contribution >= 0.6 is 0 Å². The molecule has 0 amide bonds. The van der Waals surface area contributed by atoms with Crippen molar-refractivity contribution in [1.82, 2.24) is 14.9 Å². The number of hydrogen-bond acceptors (Lipinski definition) is 4. The maximum Gasteiger partial charge on any atom is 0.335 e. The van der Waals surface area contributed by atoms with Crippen LogP contribution in [0.4, 0.5) is 0 Å². The molecule has 2 aliphatic rings. The molecule has 1 aromatic heterocycles. The van der Waals surface area contributed by atoms with Gasteiger partial charge in [-0.3, -0.25) is 4.99 Å². The van der Waals surface area contributed by atoms with Crippen molar-refractivity contribution >= 4 is 28.5 Å². The van der Waals surface area contributed by atoms with Gasteiger partial charge in [0, 0.05) is 19.2 Å². The number of carboxylic acid groups (broad SMARTS) is 1. The van der Waals surface area contributed by atoms with Crippen molar-refractivity contribution in [2.45, 2.75) is 26.2 Å². The molecule has 7 nitrogen and oxygen atoms in total. The molecule has 0 unspecified atom stereocenters. The Morgan fingerprint density at radius 2 is 2.25 bits per heavy atom. The van der Waals surface area contributed by atoms with Crippen molar-refractivity contribution < 1.29 is 14.6 Å². The molecule has 0 radical (unpaired) electrons. The van der Waals surface area contributed by atoms with Gasteiger partial charge in [-0.2, -0.15) is 0 Å². The number of aromatic carboxylic acids is 1. The van der Waals surface area contributed by atoms with Crippen molar-refractivity contribution in [3.05, 3.63) is 41.2 Å². The molecule has 2 heterocycles. The summed E-state index contributed by atoms with van der Waals surface area (Å²) in [5, 5.41) is 9.36. The first kappa shape index (κ1) is 18.3. The van der Waals surface area contributed by atoms with Gasteiger partial charge in [0.25, 0.3) is 0 Å². The number of allylic oxidation sites excluding steroid dienone is 1. The zero-order valence-corrected chi connectivity index (χ0v) is 16.3. The largest absolute Gasteiger partial charge is 0.494 e. The lowest BCUT2D eigenvalue weighted by atomic mass is 10.2. The molecule has 0 bridgehead atoms. The van der Waals surface area contributed by atoms with Crippen LogP contribution in [0.2, 0.25) is 0 Å². The average molecular weight is 380 g/mol. The monoisotopic (exact) mass is 380 g/mol. The fraction of sp³-hybridized carbons (Fsp3) is 0.381. The quantitative estimate of drug-likeness (QED) is 0.797. The zero-order chi connectivity index (χ0) is 19.8.